The van der Waals surface area contributed by atoms with Crippen LogP contribution in [0.15, 0.2) is 107 Å². The van der Waals surface area contributed by atoms with Crippen molar-refractivity contribution in [2.24, 2.45) is 0 Å². The number of nitriles is 1. The van der Waals surface area contributed by atoms with Crippen molar-refractivity contribution >= 4 is 58.2 Å². The summed E-state index contributed by atoms with van der Waals surface area (Å²) in [6, 6.07) is 30.2. The summed E-state index contributed by atoms with van der Waals surface area (Å²) in [6.07, 6.45) is 3.33. The van der Waals surface area contributed by atoms with E-state index in [2.05, 4.69) is 11.4 Å². The van der Waals surface area contributed by atoms with Crippen LogP contribution < -0.4 is 5.32 Å². The molecular weight excluding hydrogens is 594 g/mol. The molecular formula is C35H26ClN3O2S2. The number of benzene rings is 3. The van der Waals surface area contributed by atoms with Crippen molar-refractivity contribution in [3.05, 3.63) is 129 Å². The molecule has 2 heterocycles. The number of hydrogen-bond donors (Lipinski definition) is 1. The lowest BCUT2D eigenvalue weighted by Crippen LogP contribution is -2.22. The third-order valence-corrected chi connectivity index (χ3v) is 8.78. The lowest BCUT2D eigenvalue weighted by molar-refractivity contribution is -0.115. The van der Waals surface area contributed by atoms with E-state index in [1.165, 1.54) is 11.8 Å². The standard InChI is InChI=1S/C35H26ClN3O2S2/c1-22-5-3-6-26(19-22)30-20-32(24-8-12-27(36)13-9-24)39-35(31(30)21-37)43-23(2)34(41)38-28-14-10-25(11-15-28)33(40)17-16-29-7-4-18-42-29/h3-20,23H,1-2H3,(H,38,41)/b17-16+/t23-/m1/s1. The molecule has 1 atom stereocenters. The van der Waals surface area contributed by atoms with Gasteiger partial charge in [-0.3, -0.25) is 9.59 Å². The molecule has 5 rings (SSSR count). The lowest BCUT2D eigenvalue weighted by Gasteiger charge is -2.16. The number of rotatable bonds is 9. The van der Waals surface area contributed by atoms with Crippen LogP contribution in [0.3, 0.4) is 0 Å². The maximum atomic E-state index is 13.2. The molecule has 43 heavy (non-hydrogen) atoms. The fraction of sp³-hybridized carbons (Fsp3) is 0.0857. The average Bonchev–Trinajstić information content (AvgIpc) is 3.54. The number of thiophene rings is 1. The van der Waals surface area contributed by atoms with Crippen LogP contribution in [0.5, 0.6) is 0 Å². The summed E-state index contributed by atoms with van der Waals surface area (Å²) in [5, 5.41) is 15.6. The third kappa shape index (κ3) is 7.49. The number of halogens is 1. The van der Waals surface area contributed by atoms with E-state index in [9.17, 15) is 14.9 Å². The Morgan fingerprint density at radius 3 is 2.44 bits per heavy atom. The first kappa shape index (κ1) is 30.0. The summed E-state index contributed by atoms with van der Waals surface area (Å²) in [5.74, 6) is -0.364. The van der Waals surface area contributed by atoms with Crippen LogP contribution in [-0.2, 0) is 4.79 Å². The summed E-state index contributed by atoms with van der Waals surface area (Å²) >= 11 is 8.90. The highest BCUT2D eigenvalue weighted by atomic mass is 35.5. The second-order valence-corrected chi connectivity index (χ2v) is 12.5. The SMILES string of the molecule is Cc1cccc(-c2cc(-c3ccc(Cl)cc3)nc(S[C@H](C)C(=O)Nc3ccc(C(=O)/C=C/c4cccs4)cc3)c2C#N)c1. The summed E-state index contributed by atoms with van der Waals surface area (Å²) < 4.78 is 0. The van der Waals surface area contributed by atoms with Gasteiger partial charge in [0.1, 0.15) is 11.1 Å². The van der Waals surface area contributed by atoms with Gasteiger partial charge in [-0.25, -0.2) is 4.98 Å². The first-order valence-corrected chi connectivity index (χ1v) is 15.6. The summed E-state index contributed by atoms with van der Waals surface area (Å²) in [6.45, 7) is 3.78. The number of hydrogen-bond acceptors (Lipinski definition) is 6. The molecule has 0 saturated heterocycles. The van der Waals surface area contributed by atoms with Gasteiger partial charge in [-0.2, -0.15) is 5.26 Å². The van der Waals surface area contributed by atoms with Gasteiger partial charge in [-0.05, 0) is 85.5 Å². The first-order valence-electron chi connectivity index (χ1n) is 13.4. The normalized spacial score (nSPS) is 11.7. The van der Waals surface area contributed by atoms with E-state index in [-0.39, 0.29) is 11.7 Å². The van der Waals surface area contributed by atoms with Gasteiger partial charge in [-0.15, -0.1) is 11.3 Å². The number of nitrogens with zero attached hydrogens (tertiary/aromatic N) is 2. The van der Waals surface area contributed by atoms with Crippen LogP contribution in [0.25, 0.3) is 28.5 Å². The van der Waals surface area contributed by atoms with E-state index in [4.69, 9.17) is 16.6 Å². The Hall–Kier alpha value is -4.48. The molecule has 0 saturated carbocycles. The molecule has 0 fully saturated rings. The van der Waals surface area contributed by atoms with Crippen LogP contribution >= 0.6 is 34.7 Å². The Morgan fingerprint density at radius 2 is 1.77 bits per heavy atom. The summed E-state index contributed by atoms with van der Waals surface area (Å²) in [7, 11) is 0. The Kier molecular flexibility index (Phi) is 9.53. The number of nitrogens with one attached hydrogen (secondary N) is 1. The highest BCUT2D eigenvalue weighted by Crippen LogP contribution is 2.36. The van der Waals surface area contributed by atoms with E-state index in [1.54, 1.807) is 66.8 Å². The highest BCUT2D eigenvalue weighted by molar-refractivity contribution is 8.00. The minimum atomic E-state index is -0.569. The molecule has 0 unspecified atom stereocenters. The van der Waals surface area contributed by atoms with E-state index in [0.29, 0.717) is 32.6 Å². The number of carbonyl (C=O) groups is 2. The summed E-state index contributed by atoms with van der Waals surface area (Å²) in [5.41, 5.74) is 5.74. The number of pyridine rings is 1. The largest absolute Gasteiger partial charge is 0.325 e. The van der Waals surface area contributed by atoms with Gasteiger partial charge >= 0.3 is 0 Å². The second-order valence-electron chi connectivity index (χ2n) is 9.76. The number of anilines is 1. The Labute approximate surface area is 263 Å². The van der Waals surface area contributed by atoms with E-state index in [0.717, 1.165) is 27.1 Å². The number of aromatic nitrogens is 1. The molecule has 212 valence electrons. The van der Waals surface area contributed by atoms with Gasteiger partial charge in [0.15, 0.2) is 5.78 Å². The fourth-order valence-corrected chi connectivity index (χ4v) is 6.02. The molecule has 0 aliphatic rings. The predicted molar refractivity (Wildman–Crippen MR) is 178 cm³/mol. The molecule has 1 amide bonds. The topological polar surface area (TPSA) is 82.8 Å². The molecule has 0 bridgehead atoms. The van der Waals surface area contributed by atoms with Gasteiger partial charge in [-0.1, -0.05) is 71.4 Å². The maximum absolute atomic E-state index is 13.2. The fourth-order valence-electron chi connectivity index (χ4n) is 4.35. The van der Waals surface area contributed by atoms with Gasteiger partial charge in [0.05, 0.1) is 16.5 Å². The van der Waals surface area contributed by atoms with Crippen molar-refractivity contribution in [1.29, 1.82) is 5.26 Å². The minimum absolute atomic E-state index is 0.115. The third-order valence-electron chi connectivity index (χ3n) is 6.60. The summed E-state index contributed by atoms with van der Waals surface area (Å²) in [4.78, 5) is 31.6. The van der Waals surface area contributed by atoms with Crippen molar-refractivity contribution in [2.75, 3.05) is 5.32 Å². The number of aryl methyl sites for hydroxylation is 1. The average molecular weight is 620 g/mol. The van der Waals surface area contributed by atoms with Crippen molar-refractivity contribution < 1.29 is 9.59 Å². The van der Waals surface area contributed by atoms with E-state index < -0.39 is 5.25 Å². The van der Waals surface area contributed by atoms with Crippen molar-refractivity contribution in [3.63, 3.8) is 0 Å². The minimum Gasteiger partial charge on any atom is -0.325 e. The molecule has 1 N–H and O–H groups in total. The van der Waals surface area contributed by atoms with Crippen LogP contribution in [0.2, 0.25) is 5.02 Å². The van der Waals surface area contributed by atoms with E-state index in [1.807, 2.05) is 66.9 Å². The molecule has 8 heteroatoms. The Bertz CT molecular complexity index is 1840. The monoisotopic (exact) mass is 619 g/mol. The molecule has 0 aliphatic carbocycles. The number of thioether (sulfide) groups is 1. The molecule has 2 aromatic heterocycles. The first-order chi connectivity index (χ1) is 20.8. The molecule has 5 aromatic rings. The lowest BCUT2D eigenvalue weighted by atomic mass is 9.98. The van der Waals surface area contributed by atoms with E-state index >= 15 is 0 Å². The number of ketones is 1. The zero-order chi connectivity index (χ0) is 30.3. The van der Waals surface area contributed by atoms with Crippen LogP contribution in [0.1, 0.15) is 33.3 Å². The molecule has 0 radical (unpaired) electrons. The van der Waals surface area contributed by atoms with Crippen molar-refractivity contribution in [3.8, 4) is 28.5 Å². The quantitative estimate of drug-likeness (QED) is 0.101. The molecule has 5 nitrogen and oxygen atoms in total. The number of amides is 1. The van der Waals surface area contributed by atoms with Crippen LogP contribution in [0, 0.1) is 18.3 Å². The molecule has 0 spiro atoms. The van der Waals surface area contributed by atoms with Gasteiger partial charge in [0, 0.05) is 32.3 Å². The molecule has 3 aromatic carbocycles. The second kappa shape index (κ2) is 13.7. The highest BCUT2D eigenvalue weighted by Gasteiger charge is 2.22. The number of allylic oxidation sites excluding steroid dienone is 1. The Balaban J connectivity index is 1.37. The van der Waals surface area contributed by atoms with Gasteiger partial charge in [0.2, 0.25) is 5.91 Å². The van der Waals surface area contributed by atoms with Gasteiger partial charge in [0.25, 0.3) is 0 Å². The van der Waals surface area contributed by atoms with Crippen LogP contribution in [0.4, 0.5) is 5.69 Å². The number of carbonyl (C=O) groups excluding carboxylic acids is 2. The van der Waals surface area contributed by atoms with Gasteiger partial charge < -0.3 is 5.32 Å². The maximum Gasteiger partial charge on any atom is 0.237 e. The zero-order valence-electron chi connectivity index (χ0n) is 23.4. The zero-order valence-corrected chi connectivity index (χ0v) is 25.8. The predicted octanol–water partition coefficient (Wildman–Crippen LogP) is 9.33. The van der Waals surface area contributed by atoms with Crippen molar-refractivity contribution in [2.45, 2.75) is 24.1 Å². The van der Waals surface area contributed by atoms with Crippen LogP contribution in [-0.4, -0.2) is 21.9 Å². The Morgan fingerprint density at radius 1 is 1.00 bits per heavy atom. The van der Waals surface area contributed by atoms with Crippen molar-refractivity contribution in [1.82, 2.24) is 4.98 Å². The smallest absolute Gasteiger partial charge is 0.237 e. The molecule has 0 aliphatic heterocycles.